The number of pyridine rings is 1. The number of aromatic nitrogens is 4. The van der Waals surface area contributed by atoms with Gasteiger partial charge in [0.15, 0.2) is 11.5 Å². The molecule has 1 atom stereocenters. The third-order valence-electron chi connectivity index (χ3n) is 4.47. The van der Waals surface area contributed by atoms with E-state index < -0.39 is 5.54 Å². The molecule has 3 rings (SSSR count). The van der Waals surface area contributed by atoms with E-state index in [9.17, 15) is 4.79 Å². The Labute approximate surface area is 163 Å². The van der Waals surface area contributed by atoms with Gasteiger partial charge in [-0.2, -0.15) is 4.98 Å². The number of amides is 1. The van der Waals surface area contributed by atoms with E-state index in [1.165, 1.54) is 0 Å². The van der Waals surface area contributed by atoms with Crippen molar-refractivity contribution in [3.8, 4) is 0 Å². The highest BCUT2D eigenvalue weighted by molar-refractivity contribution is 5.92. The van der Waals surface area contributed by atoms with Crippen molar-refractivity contribution >= 4 is 28.7 Å². The second kappa shape index (κ2) is 8.20. The first-order valence-corrected chi connectivity index (χ1v) is 9.28. The van der Waals surface area contributed by atoms with Crippen LogP contribution in [0.4, 0.5) is 11.8 Å². The lowest BCUT2D eigenvalue weighted by molar-refractivity contribution is 0.0936. The number of nitrogens with two attached hydrogens (primary N) is 1. The Hall–Kier alpha value is -3.23. The second-order valence-corrected chi connectivity index (χ2v) is 7.10. The number of nitrogens with zero attached hydrogens (tertiary/aromatic N) is 4. The number of nitrogen functional groups attached to an aromatic ring is 1. The van der Waals surface area contributed by atoms with Crippen LogP contribution in [0.2, 0.25) is 0 Å². The third kappa shape index (κ3) is 4.54. The minimum Gasteiger partial charge on any atom is -0.368 e. The molecule has 9 nitrogen and oxygen atoms in total. The highest BCUT2D eigenvalue weighted by Crippen LogP contribution is 2.25. The molecule has 1 unspecified atom stereocenters. The number of carbonyl (C=O) groups is 1. The van der Waals surface area contributed by atoms with Gasteiger partial charge < -0.3 is 20.9 Å². The van der Waals surface area contributed by atoms with E-state index in [1.54, 1.807) is 25.3 Å². The Morgan fingerprint density at radius 1 is 1.36 bits per heavy atom. The van der Waals surface area contributed by atoms with Gasteiger partial charge in [-0.05, 0) is 32.4 Å². The lowest BCUT2D eigenvalue weighted by Gasteiger charge is -2.32. The van der Waals surface area contributed by atoms with Gasteiger partial charge >= 0.3 is 0 Å². The van der Waals surface area contributed by atoms with Gasteiger partial charge in [-0.3, -0.25) is 9.78 Å². The first-order valence-electron chi connectivity index (χ1n) is 9.28. The Bertz CT molecular complexity index is 972. The molecule has 4 N–H and O–H groups in total. The van der Waals surface area contributed by atoms with Crippen LogP contribution < -0.4 is 16.4 Å². The predicted molar refractivity (Wildman–Crippen MR) is 107 cm³/mol. The van der Waals surface area contributed by atoms with Crippen molar-refractivity contribution in [1.82, 2.24) is 25.4 Å². The summed E-state index contributed by atoms with van der Waals surface area (Å²) in [5.74, 6) is 1.02. The van der Waals surface area contributed by atoms with Crippen molar-refractivity contribution in [2.75, 3.05) is 17.6 Å². The maximum Gasteiger partial charge on any atom is 0.273 e. The van der Waals surface area contributed by atoms with Crippen molar-refractivity contribution in [2.24, 2.45) is 0 Å². The fraction of sp³-hybridized carbons (Fsp3) is 0.421. The zero-order valence-electron chi connectivity index (χ0n) is 16.3. The number of hydrogen-bond acceptors (Lipinski definition) is 8. The van der Waals surface area contributed by atoms with E-state index in [1.807, 2.05) is 13.0 Å². The van der Waals surface area contributed by atoms with E-state index in [-0.39, 0.29) is 17.5 Å². The Morgan fingerprint density at radius 3 is 2.89 bits per heavy atom. The number of rotatable bonds is 8. The molecule has 0 aliphatic rings. The molecule has 9 heteroatoms. The van der Waals surface area contributed by atoms with Gasteiger partial charge in [0.25, 0.3) is 5.91 Å². The Morgan fingerprint density at radius 2 is 2.18 bits per heavy atom. The highest BCUT2D eigenvalue weighted by atomic mass is 16.5. The predicted octanol–water partition coefficient (Wildman–Crippen LogP) is 2.69. The normalized spacial score (nSPS) is 13.2. The number of anilines is 2. The summed E-state index contributed by atoms with van der Waals surface area (Å²) in [5.41, 5.74) is 6.96. The SMILES string of the molecule is CCCCC(C)(CNC(=O)c1cc(C)on1)Nc1nc(N)nc2cccnc12. The molecule has 0 aliphatic carbocycles. The molecule has 0 aliphatic heterocycles. The van der Waals surface area contributed by atoms with Crippen molar-refractivity contribution in [1.29, 1.82) is 0 Å². The topological polar surface area (TPSA) is 132 Å². The zero-order valence-corrected chi connectivity index (χ0v) is 16.3. The smallest absolute Gasteiger partial charge is 0.273 e. The summed E-state index contributed by atoms with van der Waals surface area (Å²) >= 11 is 0. The van der Waals surface area contributed by atoms with Crippen LogP contribution >= 0.6 is 0 Å². The molecular weight excluding hydrogens is 358 g/mol. The van der Waals surface area contributed by atoms with E-state index in [2.05, 4.69) is 37.7 Å². The molecule has 0 radical (unpaired) electrons. The van der Waals surface area contributed by atoms with E-state index in [0.29, 0.717) is 29.2 Å². The largest absolute Gasteiger partial charge is 0.368 e. The van der Waals surface area contributed by atoms with Crippen molar-refractivity contribution < 1.29 is 9.32 Å². The molecule has 148 valence electrons. The first kappa shape index (κ1) is 19.5. The minimum atomic E-state index is -0.463. The molecule has 0 saturated carbocycles. The number of nitrogens with one attached hydrogen (secondary N) is 2. The van der Waals surface area contributed by atoms with Crippen LogP contribution in [0.15, 0.2) is 28.9 Å². The summed E-state index contributed by atoms with van der Waals surface area (Å²) in [6.07, 6.45) is 4.51. The van der Waals surface area contributed by atoms with E-state index in [0.717, 1.165) is 19.3 Å². The van der Waals surface area contributed by atoms with Crippen LogP contribution in [0.5, 0.6) is 0 Å². The second-order valence-electron chi connectivity index (χ2n) is 7.10. The Kier molecular flexibility index (Phi) is 5.72. The van der Waals surface area contributed by atoms with Crippen molar-refractivity contribution in [3.05, 3.63) is 35.9 Å². The zero-order chi connectivity index (χ0) is 20.1. The summed E-state index contributed by atoms with van der Waals surface area (Å²) < 4.78 is 4.97. The molecule has 28 heavy (non-hydrogen) atoms. The molecule has 0 fully saturated rings. The summed E-state index contributed by atoms with van der Waals surface area (Å²) in [7, 11) is 0. The number of carbonyl (C=O) groups excluding carboxylic acids is 1. The third-order valence-corrected chi connectivity index (χ3v) is 4.47. The van der Waals surface area contributed by atoms with E-state index in [4.69, 9.17) is 10.3 Å². The number of hydrogen-bond donors (Lipinski definition) is 3. The van der Waals surface area contributed by atoms with Crippen LogP contribution in [-0.2, 0) is 0 Å². The first-order chi connectivity index (χ1) is 13.4. The Balaban J connectivity index is 1.82. The van der Waals surface area contributed by atoms with Crippen molar-refractivity contribution in [3.63, 3.8) is 0 Å². The molecule has 0 bridgehead atoms. The standard InChI is InChI=1S/C19H25N7O2/c1-4-5-8-19(3,11-22-17(27)14-10-12(2)28-26-14)25-16-15-13(7-6-9-21-15)23-18(20)24-16/h6-7,9-10H,4-5,8,11H2,1-3H3,(H,22,27)(H3,20,23,24,25). The monoisotopic (exact) mass is 383 g/mol. The average molecular weight is 383 g/mol. The molecule has 3 aromatic heterocycles. The van der Waals surface area contributed by atoms with Gasteiger partial charge in [0.05, 0.1) is 11.1 Å². The van der Waals surface area contributed by atoms with Gasteiger partial charge in [-0.1, -0.05) is 24.9 Å². The summed E-state index contributed by atoms with van der Waals surface area (Å²) in [5, 5.41) is 10.1. The number of unbranched alkanes of at least 4 members (excludes halogenated alkanes) is 1. The summed E-state index contributed by atoms with van der Waals surface area (Å²) in [6, 6.07) is 5.24. The van der Waals surface area contributed by atoms with Crippen LogP contribution in [0.1, 0.15) is 49.4 Å². The van der Waals surface area contributed by atoms with Gasteiger partial charge in [0, 0.05) is 18.8 Å². The molecular formula is C19H25N7O2. The average Bonchev–Trinajstić information content (AvgIpc) is 3.11. The molecule has 0 saturated heterocycles. The van der Waals surface area contributed by atoms with Gasteiger partial charge in [0.2, 0.25) is 5.95 Å². The van der Waals surface area contributed by atoms with Crippen LogP contribution in [-0.4, -0.2) is 38.1 Å². The quantitative estimate of drug-likeness (QED) is 0.541. The highest BCUT2D eigenvalue weighted by Gasteiger charge is 2.27. The summed E-state index contributed by atoms with van der Waals surface area (Å²) in [4.78, 5) is 25.3. The molecule has 0 spiro atoms. The molecule has 0 aromatic carbocycles. The molecule has 1 amide bonds. The van der Waals surface area contributed by atoms with Gasteiger partial charge in [0.1, 0.15) is 11.3 Å². The minimum absolute atomic E-state index is 0.169. The van der Waals surface area contributed by atoms with E-state index >= 15 is 0 Å². The molecule has 3 aromatic rings. The van der Waals surface area contributed by atoms with Crippen LogP contribution in [0, 0.1) is 6.92 Å². The number of aryl methyl sites for hydroxylation is 1. The van der Waals surface area contributed by atoms with Crippen LogP contribution in [0.3, 0.4) is 0 Å². The molecule has 3 heterocycles. The fourth-order valence-corrected chi connectivity index (χ4v) is 2.96. The van der Waals surface area contributed by atoms with Gasteiger partial charge in [-0.15, -0.1) is 0 Å². The van der Waals surface area contributed by atoms with Crippen molar-refractivity contribution in [2.45, 2.75) is 45.6 Å². The fourth-order valence-electron chi connectivity index (χ4n) is 2.96. The van der Waals surface area contributed by atoms with Crippen LogP contribution in [0.25, 0.3) is 11.0 Å². The lowest BCUT2D eigenvalue weighted by Crippen LogP contribution is -2.47. The van der Waals surface area contributed by atoms with Gasteiger partial charge in [-0.25, -0.2) is 4.98 Å². The lowest BCUT2D eigenvalue weighted by atomic mass is 9.94. The summed E-state index contributed by atoms with van der Waals surface area (Å²) in [6.45, 7) is 6.27. The number of fused-ring (bicyclic) bond motifs is 1. The maximum atomic E-state index is 12.4. The maximum absolute atomic E-state index is 12.4.